The van der Waals surface area contributed by atoms with Gasteiger partial charge in [0.25, 0.3) is 0 Å². The van der Waals surface area contributed by atoms with E-state index in [9.17, 15) is 14.4 Å². The van der Waals surface area contributed by atoms with Crippen LogP contribution in [0.1, 0.15) is 12.5 Å². The molecule has 4 aliphatic rings. The first-order valence-corrected chi connectivity index (χ1v) is 10.3. The van der Waals surface area contributed by atoms with E-state index in [1.54, 1.807) is 29.9 Å². The van der Waals surface area contributed by atoms with E-state index < -0.39 is 17.4 Å². The lowest BCUT2D eigenvalue weighted by Gasteiger charge is -2.23. The van der Waals surface area contributed by atoms with Gasteiger partial charge in [-0.3, -0.25) is 14.4 Å². The van der Waals surface area contributed by atoms with E-state index in [2.05, 4.69) is 5.32 Å². The predicted molar refractivity (Wildman–Crippen MR) is 109 cm³/mol. The smallest absolute Gasteiger partial charge is 0.231 e. The first-order valence-electron chi connectivity index (χ1n) is 10.3. The molecule has 30 heavy (non-hydrogen) atoms. The molecule has 4 heterocycles. The molecule has 4 unspecified atom stereocenters. The second-order valence-electron chi connectivity index (χ2n) is 8.41. The normalized spacial score (nSPS) is 30.7. The number of amides is 3. The molecule has 4 aliphatic heterocycles. The van der Waals surface area contributed by atoms with Crippen LogP contribution in [0, 0.1) is 11.8 Å². The first kappa shape index (κ1) is 19.3. The molecular formula is C22H25N3O5. The number of hydrogen-bond donors (Lipinski definition) is 1. The van der Waals surface area contributed by atoms with Crippen molar-refractivity contribution in [2.24, 2.45) is 11.8 Å². The van der Waals surface area contributed by atoms with Crippen molar-refractivity contribution in [2.45, 2.75) is 25.0 Å². The number of carbonyl (C=O) groups excluding carboxylic acids is 3. The SMILES string of the molecule is COCCN1CC23C=CC(O2)C(C(=O)Nc2ccc4c(c2)CCN4C(C)=O)C3C1=O. The van der Waals surface area contributed by atoms with Crippen molar-refractivity contribution >= 4 is 29.1 Å². The summed E-state index contributed by atoms with van der Waals surface area (Å²) in [5.41, 5.74) is 1.89. The molecule has 4 atom stereocenters. The zero-order valence-corrected chi connectivity index (χ0v) is 17.1. The lowest BCUT2D eigenvalue weighted by Crippen LogP contribution is -2.41. The van der Waals surface area contributed by atoms with E-state index >= 15 is 0 Å². The number of likely N-dealkylation sites (tertiary alicyclic amines) is 1. The summed E-state index contributed by atoms with van der Waals surface area (Å²) in [5.74, 6) is -1.31. The number of benzene rings is 1. The minimum atomic E-state index is -0.711. The second kappa shape index (κ2) is 6.92. The van der Waals surface area contributed by atoms with E-state index in [1.807, 2.05) is 24.3 Å². The number of nitrogens with zero attached hydrogens (tertiary/aromatic N) is 2. The summed E-state index contributed by atoms with van der Waals surface area (Å²) < 4.78 is 11.2. The molecular weight excluding hydrogens is 386 g/mol. The van der Waals surface area contributed by atoms with Gasteiger partial charge in [0.1, 0.15) is 5.60 Å². The maximum atomic E-state index is 13.2. The molecule has 158 valence electrons. The number of anilines is 2. The van der Waals surface area contributed by atoms with Crippen LogP contribution in [0.4, 0.5) is 11.4 Å². The van der Waals surface area contributed by atoms with E-state index in [4.69, 9.17) is 9.47 Å². The Bertz CT molecular complexity index is 960. The topological polar surface area (TPSA) is 88.2 Å². The van der Waals surface area contributed by atoms with Gasteiger partial charge >= 0.3 is 0 Å². The minimum Gasteiger partial charge on any atom is -0.383 e. The Morgan fingerprint density at radius 3 is 2.97 bits per heavy atom. The fourth-order valence-corrected chi connectivity index (χ4v) is 5.30. The molecule has 3 amide bonds. The standard InChI is InChI=1S/C22H25N3O5/c1-13(26)25-8-6-14-11-15(3-4-16(14)25)23-20(27)18-17-5-7-22(30-17)12-24(9-10-29-2)21(28)19(18)22/h3-5,7,11,17-19H,6,8-10,12H2,1-2H3,(H,23,27). The van der Waals surface area contributed by atoms with Gasteiger partial charge in [0.15, 0.2) is 0 Å². The maximum Gasteiger partial charge on any atom is 0.231 e. The van der Waals surface area contributed by atoms with Gasteiger partial charge in [-0.1, -0.05) is 12.2 Å². The molecule has 1 spiro atoms. The van der Waals surface area contributed by atoms with Crippen molar-refractivity contribution in [3.63, 3.8) is 0 Å². The Hall–Kier alpha value is -2.71. The molecule has 1 aromatic rings. The van der Waals surface area contributed by atoms with Crippen LogP contribution >= 0.6 is 0 Å². The molecule has 0 aromatic heterocycles. The molecule has 1 aromatic carbocycles. The Kier molecular flexibility index (Phi) is 4.44. The van der Waals surface area contributed by atoms with Crippen molar-refractivity contribution in [1.29, 1.82) is 0 Å². The summed E-state index contributed by atoms with van der Waals surface area (Å²) in [5, 5.41) is 2.98. The van der Waals surface area contributed by atoms with Crippen LogP contribution in [-0.2, 0) is 30.3 Å². The highest BCUT2D eigenvalue weighted by atomic mass is 16.5. The zero-order chi connectivity index (χ0) is 21.0. The van der Waals surface area contributed by atoms with Crippen LogP contribution in [0.25, 0.3) is 0 Å². The Morgan fingerprint density at radius 1 is 1.37 bits per heavy atom. The van der Waals surface area contributed by atoms with Crippen LogP contribution in [0.5, 0.6) is 0 Å². The zero-order valence-electron chi connectivity index (χ0n) is 17.1. The third-order valence-corrected chi connectivity index (χ3v) is 6.67. The summed E-state index contributed by atoms with van der Waals surface area (Å²) in [7, 11) is 1.60. The van der Waals surface area contributed by atoms with Crippen LogP contribution in [0.3, 0.4) is 0 Å². The van der Waals surface area contributed by atoms with Crippen LogP contribution < -0.4 is 10.2 Å². The maximum absolute atomic E-state index is 13.2. The van der Waals surface area contributed by atoms with E-state index in [0.29, 0.717) is 31.9 Å². The van der Waals surface area contributed by atoms with Gasteiger partial charge in [0.2, 0.25) is 17.7 Å². The molecule has 8 heteroatoms. The Labute approximate surface area is 174 Å². The summed E-state index contributed by atoms with van der Waals surface area (Å²) in [6.07, 6.45) is 4.23. The average Bonchev–Trinajstić information content (AvgIpc) is 3.45. The lowest BCUT2D eigenvalue weighted by atomic mass is 9.76. The lowest BCUT2D eigenvalue weighted by molar-refractivity contribution is -0.136. The number of methoxy groups -OCH3 is 1. The molecule has 8 nitrogen and oxygen atoms in total. The van der Waals surface area contributed by atoms with Gasteiger partial charge in [-0.15, -0.1) is 0 Å². The number of carbonyl (C=O) groups is 3. The molecule has 2 saturated heterocycles. The van der Waals surface area contributed by atoms with Gasteiger partial charge in [0.05, 0.1) is 31.1 Å². The number of nitrogens with one attached hydrogen (secondary N) is 1. The first-order chi connectivity index (χ1) is 14.4. The summed E-state index contributed by atoms with van der Waals surface area (Å²) in [4.78, 5) is 41.4. The van der Waals surface area contributed by atoms with Gasteiger partial charge in [0, 0.05) is 38.5 Å². The fraction of sp³-hybridized carbons (Fsp3) is 0.500. The predicted octanol–water partition coefficient (Wildman–Crippen LogP) is 0.962. The quantitative estimate of drug-likeness (QED) is 0.730. The van der Waals surface area contributed by atoms with Crippen LogP contribution in [0.15, 0.2) is 30.4 Å². The van der Waals surface area contributed by atoms with E-state index in [1.165, 1.54) is 0 Å². The van der Waals surface area contributed by atoms with Crippen molar-refractivity contribution in [3.05, 3.63) is 35.9 Å². The number of ether oxygens (including phenoxy) is 2. The molecule has 5 rings (SSSR count). The van der Waals surface area contributed by atoms with Crippen molar-refractivity contribution < 1.29 is 23.9 Å². The third-order valence-electron chi connectivity index (χ3n) is 6.67. The minimum absolute atomic E-state index is 0.0134. The molecule has 2 bridgehead atoms. The van der Waals surface area contributed by atoms with Gasteiger partial charge < -0.3 is 24.6 Å². The average molecular weight is 411 g/mol. The molecule has 1 N–H and O–H groups in total. The van der Waals surface area contributed by atoms with Gasteiger partial charge in [-0.25, -0.2) is 0 Å². The third kappa shape index (κ3) is 2.78. The highest BCUT2D eigenvalue weighted by Gasteiger charge is 2.66. The van der Waals surface area contributed by atoms with Crippen molar-refractivity contribution in [1.82, 2.24) is 4.90 Å². The van der Waals surface area contributed by atoms with Crippen molar-refractivity contribution in [2.75, 3.05) is 43.6 Å². The summed E-state index contributed by atoms with van der Waals surface area (Å²) in [6.45, 7) is 3.60. The largest absolute Gasteiger partial charge is 0.383 e. The van der Waals surface area contributed by atoms with E-state index in [-0.39, 0.29) is 23.8 Å². The molecule has 0 saturated carbocycles. The van der Waals surface area contributed by atoms with Gasteiger partial charge in [-0.2, -0.15) is 0 Å². The van der Waals surface area contributed by atoms with Crippen LogP contribution in [0.2, 0.25) is 0 Å². The summed E-state index contributed by atoms with van der Waals surface area (Å²) >= 11 is 0. The number of hydrogen-bond acceptors (Lipinski definition) is 5. The highest BCUT2D eigenvalue weighted by Crippen LogP contribution is 2.52. The Balaban J connectivity index is 1.34. The molecule has 0 aliphatic carbocycles. The monoisotopic (exact) mass is 411 g/mol. The molecule has 2 fully saturated rings. The summed E-state index contributed by atoms with van der Waals surface area (Å²) in [6, 6.07) is 5.58. The van der Waals surface area contributed by atoms with Crippen molar-refractivity contribution in [3.8, 4) is 0 Å². The van der Waals surface area contributed by atoms with E-state index in [0.717, 1.165) is 17.7 Å². The molecule has 0 radical (unpaired) electrons. The number of fused-ring (bicyclic) bond motifs is 2. The fourth-order valence-electron chi connectivity index (χ4n) is 5.30. The highest BCUT2D eigenvalue weighted by molar-refractivity contribution is 6.00. The second-order valence-corrected chi connectivity index (χ2v) is 8.41. The Morgan fingerprint density at radius 2 is 2.20 bits per heavy atom. The van der Waals surface area contributed by atoms with Crippen LogP contribution in [-0.4, -0.2) is 67.7 Å². The van der Waals surface area contributed by atoms with Gasteiger partial charge in [-0.05, 0) is 30.2 Å². The number of rotatable bonds is 5.